The minimum Gasteiger partial charge on any atom is -0.506 e. The van der Waals surface area contributed by atoms with Crippen LogP contribution < -0.4 is 20.9 Å². The van der Waals surface area contributed by atoms with Crippen molar-refractivity contribution >= 4 is 23.0 Å². The summed E-state index contributed by atoms with van der Waals surface area (Å²) in [6.07, 6.45) is 1.33. The molecule has 1 unspecified atom stereocenters. The molecule has 4 atom stereocenters. The number of aromatic amines is 1. The number of phenolic OH excluding ortho intramolecular Hbond substituents is 1. The lowest BCUT2D eigenvalue weighted by molar-refractivity contribution is -0.0336. The van der Waals surface area contributed by atoms with Crippen molar-refractivity contribution in [2.45, 2.75) is 63.5 Å². The number of halogens is 1. The Hall–Kier alpha value is -5.76. The average Bonchev–Trinajstić information content (AvgIpc) is 3.21. The number of pyridine rings is 1. The van der Waals surface area contributed by atoms with Crippen molar-refractivity contribution < 1.29 is 38.8 Å². The van der Waals surface area contributed by atoms with Crippen LogP contribution in [0.25, 0.3) is 10.9 Å². The van der Waals surface area contributed by atoms with Crippen LogP contribution in [0.2, 0.25) is 0 Å². The van der Waals surface area contributed by atoms with Crippen LogP contribution in [-0.2, 0) is 11.3 Å². The number of H-pyrrole nitrogens is 1. The molecule has 0 spiro atoms. The van der Waals surface area contributed by atoms with Gasteiger partial charge in [0.05, 0.1) is 23.2 Å². The number of aliphatic hydroxyl groups excluding tert-OH is 1. The number of phenols is 1. The predicted molar refractivity (Wildman–Crippen MR) is 212 cm³/mol. The Balaban J connectivity index is 1.11. The highest BCUT2D eigenvalue weighted by Gasteiger charge is 2.37. The number of piperidine rings is 3. The number of carboxylic acids is 1. The van der Waals surface area contributed by atoms with Crippen LogP contribution in [0.1, 0.15) is 89.0 Å². The van der Waals surface area contributed by atoms with Crippen LogP contribution in [-0.4, -0.2) is 69.5 Å². The van der Waals surface area contributed by atoms with Crippen molar-refractivity contribution in [2.24, 2.45) is 5.92 Å². The number of hydrogen-bond donors (Lipinski definition) is 6. The molecule has 3 saturated heterocycles. The highest BCUT2D eigenvalue weighted by atomic mass is 19.1. The van der Waals surface area contributed by atoms with Gasteiger partial charge < -0.3 is 40.4 Å². The van der Waals surface area contributed by atoms with Crippen LogP contribution in [0.15, 0.2) is 95.8 Å². The van der Waals surface area contributed by atoms with Gasteiger partial charge in [0.25, 0.3) is 0 Å². The number of nitrogens with one attached hydrogen (secondary N) is 3. The van der Waals surface area contributed by atoms with Crippen molar-refractivity contribution in [1.29, 1.82) is 0 Å². The number of hydrogen-bond acceptors (Lipinski definition) is 9. The van der Waals surface area contributed by atoms with E-state index in [1.54, 1.807) is 24.3 Å². The molecule has 4 aromatic carbocycles. The molecule has 57 heavy (non-hydrogen) atoms. The molecule has 2 bridgehead atoms. The fourth-order valence-corrected chi connectivity index (χ4v) is 8.14. The molecule has 0 radical (unpaired) electrons. The number of amides is 1. The van der Waals surface area contributed by atoms with Crippen molar-refractivity contribution in [3.8, 4) is 11.5 Å². The average molecular weight is 779 g/mol. The molecule has 12 nitrogen and oxygen atoms in total. The van der Waals surface area contributed by atoms with Crippen molar-refractivity contribution in [3.63, 3.8) is 0 Å². The first-order valence-corrected chi connectivity index (χ1v) is 19.4. The standard InChI is InChI=1S/C44H47FN4O8/c1-2-7-35(46-23-37(51)32-12-14-36(50)42-33(32)13-15-39(52)47-42)40-30(20-29(43(53)54)22-34(40)45)25-56-31-11-6-10-28(21-31)41(27-8-4-3-5-9-27)48-44(55)57-38-24-49-18-16-26(38)17-19-49/h3-6,8-15,20-22,26,35,37-38,41,46,50-51H,2,7,16-19,23-25H2,1H3,(H,47,52)(H,48,55)(H,53,54)/t35?,37-,38-,41-/m0/s1. The van der Waals surface area contributed by atoms with E-state index in [1.807, 2.05) is 43.3 Å². The zero-order chi connectivity index (χ0) is 40.1. The number of benzene rings is 4. The minimum atomic E-state index is -1.29. The van der Waals surface area contributed by atoms with Crippen molar-refractivity contribution in [1.82, 2.24) is 20.5 Å². The summed E-state index contributed by atoms with van der Waals surface area (Å²) in [7, 11) is 0. The molecule has 0 aliphatic carbocycles. The van der Waals surface area contributed by atoms with Gasteiger partial charge in [-0.25, -0.2) is 14.0 Å². The number of aromatic nitrogens is 1. The van der Waals surface area contributed by atoms with E-state index >= 15 is 4.39 Å². The zero-order valence-corrected chi connectivity index (χ0v) is 31.6. The number of carboxylic acid groups (broad SMARTS) is 1. The Morgan fingerprint density at radius 3 is 2.47 bits per heavy atom. The maximum absolute atomic E-state index is 16.1. The third-order valence-electron chi connectivity index (χ3n) is 11.0. The Morgan fingerprint density at radius 1 is 0.982 bits per heavy atom. The van der Waals surface area contributed by atoms with Crippen LogP contribution in [0.5, 0.6) is 11.5 Å². The normalized spacial score (nSPS) is 19.1. The highest BCUT2D eigenvalue weighted by molar-refractivity contribution is 5.88. The first-order valence-electron chi connectivity index (χ1n) is 19.4. The second-order valence-corrected chi connectivity index (χ2v) is 14.8. The molecular formula is C44H47FN4O8. The SMILES string of the molecule is CCCC(NC[C@H](O)c1ccc(O)c2[nH]c(=O)ccc12)c1c(F)cc(C(=O)O)cc1COc1cccc([C@@H](NC(=O)O[C@H]2CN3CCC2CC3)c2ccccc2)c1. The maximum Gasteiger partial charge on any atom is 0.408 e. The monoisotopic (exact) mass is 778 g/mol. The number of ether oxygens (including phenoxy) is 2. The molecule has 3 aliphatic heterocycles. The van der Waals surface area contributed by atoms with E-state index in [9.17, 15) is 29.7 Å². The summed E-state index contributed by atoms with van der Waals surface area (Å²) in [5, 5.41) is 38.2. The molecule has 4 heterocycles. The molecule has 1 aromatic heterocycles. The molecule has 298 valence electrons. The summed E-state index contributed by atoms with van der Waals surface area (Å²) in [6.45, 7) is 4.52. The van der Waals surface area contributed by atoms with Gasteiger partial charge in [0.15, 0.2) is 0 Å². The number of aromatic hydroxyl groups is 1. The van der Waals surface area contributed by atoms with Gasteiger partial charge in [-0.1, -0.05) is 61.9 Å². The minimum absolute atomic E-state index is 0.0257. The Morgan fingerprint density at radius 2 is 1.75 bits per heavy atom. The van der Waals surface area contributed by atoms with Crippen molar-refractivity contribution in [2.75, 3.05) is 26.2 Å². The molecule has 6 N–H and O–H groups in total. The molecule has 5 aromatic rings. The lowest BCUT2D eigenvalue weighted by Crippen LogP contribution is -2.52. The van der Waals surface area contributed by atoms with E-state index < -0.39 is 41.6 Å². The Bertz CT molecular complexity index is 2280. The number of aromatic carboxylic acids is 1. The molecule has 3 aliphatic rings. The lowest BCUT2D eigenvalue weighted by Gasteiger charge is -2.43. The number of carbonyl (C=O) groups excluding carboxylic acids is 1. The summed E-state index contributed by atoms with van der Waals surface area (Å²) in [5.41, 5.74) is 2.08. The number of aliphatic hydroxyl groups is 1. The second kappa shape index (κ2) is 17.6. The highest BCUT2D eigenvalue weighted by Crippen LogP contribution is 2.33. The summed E-state index contributed by atoms with van der Waals surface area (Å²) in [6, 6.07) is 23.7. The quantitative estimate of drug-likeness (QED) is 0.0670. The van der Waals surface area contributed by atoms with E-state index in [2.05, 4.69) is 20.5 Å². The van der Waals surface area contributed by atoms with E-state index in [1.165, 1.54) is 24.3 Å². The summed E-state index contributed by atoms with van der Waals surface area (Å²) in [4.78, 5) is 42.3. The van der Waals surface area contributed by atoms with Crippen LogP contribution in [0, 0.1) is 11.7 Å². The van der Waals surface area contributed by atoms with E-state index in [-0.39, 0.29) is 41.6 Å². The predicted octanol–water partition coefficient (Wildman–Crippen LogP) is 6.72. The van der Waals surface area contributed by atoms with Gasteiger partial charge >= 0.3 is 12.1 Å². The van der Waals surface area contributed by atoms with E-state index in [0.29, 0.717) is 41.0 Å². The van der Waals surface area contributed by atoms with Gasteiger partial charge in [0.1, 0.15) is 30.0 Å². The third kappa shape index (κ3) is 9.12. The number of nitrogens with zero attached hydrogens (tertiary/aromatic N) is 1. The molecule has 13 heteroatoms. The van der Waals surface area contributed by atoms with Gasteiger partial charge in [-0.3, -0.25) is 9.69 Å². The van der Waals surface area contributed by atoms with Gasteiger partial charge in [-0.2, -0.15) is 0 Å². The first-order chi connectivity index (χ1) is 27.6. The number of rotatable bonds is 15. The smallest absolute Gasteiger partial charge is 0.408 e. The van der Waals surface area contributed by atoms with Gasteiger partial charge in [-0.15, -0.1) is 0 Å². The molecule has 3 fully saturated rings. The molecule has 8 rings (SSSR count). The van der Waals surface area contributed by atoms with E-state index in [0.717, 1.165) is 49.7 Å². The summed E-state index contributed by atoms with van der Waals surface area (Å²) < 4.78 is 28.3. The number of fused-ring (bicyclic) bond motifs is 4. The number of carbonyl (C=O) groups is 2. The van der Waals surface area contributed by atoms with Crippen LogP contribution in [0.3, 0.4) is 0 Å². The maximum atomic E-state index is 16.1. The zero-order valence-electron chi connectivity index (χ0n) is 31.6. The Labute approximate surface area is 329 Å². The van der Waals surface area contributed by atoms with Gasteiger partial charge in [-0.05, 0) is 96.9 Å². The topological polar surface area (TPSA) is 173 Å². The van der Waals surface area contributed by atoms with Crippen LogP contribution >= 0.6 is 0 Å². The fraction of sp³-hybridized carbons (Fsp3) is 0.341. The molecular weight excluding hydrogens is 732 g/mol. The van der Waals surface area contributed by atoms with E-state index in [4.69, 9.17) is 9.47 Å². The first kappa shape index (κ1) is 39.5. The van der Waals surface area contributed by atoms with Gasteiger partial charge in [0.2, 0.25) is 5.56 Å². The van der Waals surface area contributed by atoms with Crippen LogP contribution in [0.4, 0.5) is 9.18 Å². The third-order valence-corrected chi connectivity index (χ3v) is 11.0. The molecule has 0 saturated carbocycles. The second-order valence-electron chi connectivity index (χ2n) is 14.8. The molecule has 1 amide bonds. The number of alkyl carbamates (subject to hydrolysis) is 1. The van der Waals surface area contributed by atoms with Crippen molar-refractivity contribution in [3.05, 3.63) is 141 Å². The van der Waals surface area contributed by atoms with Gasteiger partial charge in [0, 0.05) is 36.1 Å². The fourth-order valence-electron chi connectivity index (χ4n) is 8.14. The largest absolute Gasteiger partial charge is 0.506 e. The summed E-state index contributed by atoms with van der Waals surface area (Å²) >= 11 is 0. The lowest BCUT2D eigenvalue weighted by atomic mass is 9.86. The Kier molecular flexibility index (Phi) is 12.2. The summed E-state index contributed by atoms with van der Waals surface area (Å²) in [5.74, 6) is -1.39.